The van der Waals surface area contributed by atoms with Gasteiger partial charge in [-0.05, 0) is 6.42 Å². The minimum absolute atomic E-state index is 0. The van der Waals surface area contributed by atoms with Gasteiger partial charge in [0.05, 0.1) is 12.7 Å². The van der Waals surface area contributed by atoms with Crippen LogP contribution in [0.1, 0.15) is 212 Å². The van der Waals surface area contributed by atoms with Gasteiger partial charge in [-0.25, -0.2) is 0 Å². The molecule has 38 heavy (non-hydrogen) atoms. The first-order chi connectivity index (χ1) is 17.9. The zero-order valence-corrected chi connectivity index (χ0v) is 27.3. The molecule has 1 rings (SSSR count). The summed E-state index contributed by atoms with van der Waals surface area (Å²) >= 11 is 0. The summed E-state index contributed by atoms with van der Waals surface area (Å²) in [5.41, 5.74) is 0. The summed E-state index contributed by atoms with van der Waals surface area (Å²) in [6.45, 7) is 3.35. The Morgan fingerprint density at radius 2 is 0.553 bits per heavy atom. The number of epoxide rings is 1. The number of ether oxygens (including phenoxy) is 1. The zero-order chi connectivity index (χ0) is 25.6. The summed E-state index contributed by atoms with van der Waals surface area (Å²) in [6, 6.07) is 0. The van der Waals surface area contributed by atoms with Gasteiger partial charge >= 0.3 is 0 Å². The Morgan fingerprint density at radius 3 is 0.737 bits per heavy atom. The van der Waals surface area contributed by atoms with Gasteiger partial charge in [0.2, 0.25) is 0 Å². The van der Waals surface area contributed by atoms with Gasteiger partial charge in [-0.15, -0.1) is 12.4 Å². The summed E-state index contributed by atoms with van der Waals surface area (Å²) in [5, 5.41) is 0. The number of hydrogen-bond donors (Lipinski definition) is 1. The first-order valence-corrected chi connectivity index (χ1v) is 17.5. The van der Waals surface area contributed by atoms with Crippen LogP contribution in [0, 0.1) is 0 Å². The third-order valence-corrected chi connectivity index (χ3v) is 8.53. The SMILES string of the molecule is CCCCCCCCCCCCCCCCCCCCCCCCCCCCCCCCCC1CO1.Cl.N. The van der Waals surface area contributed by atoms with E-state index in [1.54, 1.807) is 0 Å². The van der Waals surface area contributed by atoms with Crippen LogP contribution in [0.4, 0.5) is 0 Å². The average Bonchev–Trinajstić information content (AvgIpc) is 3.72. The molecule has 1 aliphatic rings. The van der Waals surface area contributed by atoms with Crippen molar-refractivity contribution in [3.05, 3.63) is 0 Å². The normalized spacial score (nSPS) is 14.3. The summed E-state index contributed by atoms with van der Waals surface area (Å²) in [7, 11) is 0. The number of unbranched alkanes of at least 4 members (excludes halogenated alkanes) is 30. The van der Waals surface area contributed by atoms with Crippen molar-refractivity contribution in [3.8, 4) is 0 Å². The summed E-state index contributed by atoms with van der Waals surface area (Å²) < 4.78 is 5.27. The van der Waals surface area contributed by atoms with Gasteiger partial charge < -0.3 is 10.9 Å². The van der Waals surface area contributed by atoms with Crippen LogP contribution in [-0.2, 0) is 4.74 Å². The van der Waals surface area contributed by atoms with Crippen molar-refractivity contribution in [2.24, 2.45) is 0 Å². The van der Waals surface area contributed by atoms with Crippen LogP contribution in [0.3, 0.4) is 0 Å². The number of halogens is 1. The molecule has 3 N–H and O–H groups in total. The maximum absolute atomic E-state index is 5.27. The Labute approximate surface area is 248 Å². The first kappa shape index (κ1) is 40.3. The molecule has 0 saturated carbocycles. The van der Waals surface area contributed by atoms with E-state index in [9.17, 15) is 0 Å². The molecule has 1 unspecified atom stereocenters. The predicted molar refractivity (Wildman–Crippen MR) is 175 cm³/mol. The van der Waals surface area contributed by atoms with Crippen molar-refractivity contribution in [3.63, 3.8) is 0 Å². The van der Waals surface area contributed by atoms with Crippen LogP contribution in [-0.4, -0.2) is 12.7 Å². The lowest BCUT2D eigenvalue weighted by atomic mass is 10.0. The molecular weight excluding hydrogens is 486 g/mol. The van der Waals surface area contributed by atoms with Gasteiger partial charge in [-0.3, -0.25) is 0 Å². The molecule has 1 aliphatic heterocycles. The van der Waals surface area contributed by atoms with E-state index in [1.807, 2.05) is 0 Å². The van der Waals surface area contributed by atoms with Gasteiger partial charge in [0.25, 0.3) is 0 Å². The molecule has 0 bridgehead atoms. The molecule has 232 valence electrons. The summed E-state index contributed by atoms with van der Waals surface area (Å²) in [4.78, 5) is 0. The zero-order valence-electron chi connectivity index (χ0n) is 26.4. The molecule has 0 spiro atoms. The Balaban J connectivity index is 0. The van der Waals surface area contributed by atoms with Crippen molar-refractivity contribution in [1.29, 1.82) is 0 Å². The molecule has 0 amide bonds. The second-order valence-corrected chi connectivity index (χ2v) is 12.4. The van der Waals surface area contributed by atoms with E-state index in [4.69, 9.17) is 4.74 Å². The molecule has 1 fully saturated rings. The monoisotopic (exact) mass is 560 g/mol. The largest absolute Gasteiger partial charge is 0.373 e. The fourth-order valence-corrected chi connectivity index (χ4v) is 5.81. The van der Waals surface area contributed by atoms with Gasteiger partial charge in [0.15, 0.2) is 0 Å². The molecule has 0 aromatic rings. The maximum Gasteiger partial charge on any atom is 0.0810 e. The van der Waals surface area contributed by atoms with E-state index in [0.717, 1.165) is 6.61 Å². The van der Waals surface area contributed by atoms with Crippen LogP contribution in [0.2, 0.25) is 0 Å². The molecule has 0 aromatic heterocycles. The minimum Gasteiger partial charge on any atom is -0.373 e. The second kappa shape index (κ2) is 35.2. The van der Waals surface area contributed by atoms with Crippen molar-refractivity contribution < 1.29 is 4.74 Å². The predicted octanol–water partition coefficient (Wildman–Crippen LogP) is 13.5. The van der Waals surface area contributed by atoms with Crippen molar-refractivity contribution in [2.75, 3.05) is 6.61 Å². The van der Waals surface area contributed by atoms with Crippen molar-refractivity contribution in [2.45, 2.75) is 218 Å². The Hall–Kier alpha value is 0.210. The van der Waals surface area contributed by atoms with Crippen molar-refractivity contribution >= 4 is 12.4 Å². The van der Waals surface area contributed by atoms with E-state index < -0.39 is 0 Å². The van der Waals surface area contributed by atoms with E-state index in [-0.39, 0.29) is 18.6 Å². The fraction of sp³-hybridized carbons (Fsp3) is 1.00. The molecule has 3 heteroatoms. The summed E-state index contributed by atoms with van der Waals surface area (Å²) in [5.74, 6) is 0. The van der Waals surface area contributed by atoms with E-state index in [1.165, 1.54) is 205 Å². The first-order valence-electron chi connectivity index (χ1n) is 17.5. The highest BCUT2D eigenvalue weighted by atomic mass is 35.5. The highest BCUT2D eigenvalue weighted by Crippen LogP contribution is 2.19. The van der Waals surface area contributed by atoms with Gasteiger partial charge in [0, 0.05) is 0 Å². The quantitative estimate of drug-likeness (QED) is 0.0657. The lowest BCUT2D eigenvalue weighted by Crippen LogP contribution is -1.86. The Morgan fingerprint density at radius 1 is 0.368 bits per heavy atom. The molecule has 2 nitrogen and oxygen atoms in total. The molecule has 0 aromatic carbocycles. The van der Waals surface area contributed by atoms with Crippen LogP contribution in [0.5, 0.6) is 0 Å². The standard InChI is InChI=1S/C35H70O.ClH.H3N/c1-2-3-4-5-6-7-8-9-10-11-12-13-14-15-16-17-18-19-20-21-22-23-24-25-26-27-28-29-30-31-32-33-35-34-36-35;;/h35H,2-34H2,1H3;1H;1H3. The van der Waals surface area contributed by atoms with Crippen molar-refractivity contribution in [1.82, 2.24) is 6.15 Å². The second-order valence-electron chi connectivity index (χ2n) is 12.4. The van der Waals surface area contributed by atoms with Crippen LogP contribution in [0.25, 0.3) is 0 Å². The van der Waals surface area contributed by atoms with Crippen LogP contribution < -0.4 is 6.15 Å². The third-order valence-electron chi connectivity index (χ3n) is 8.53. The molecule has 0 radical (unpaired) electrons. The highest BCUT2D eigenvalue weighted by molar-refractivity contribution is 5.85. The molecule has 1 heterocycles. The fourth-order valence-electron chi connectivity index (χ4n) is 5.81. The molecule has 0 aliphatic carbocycles. The Kier molecular flexibility index (Phi) is 37.4. The maximum atomic E-state index is 5.27. The Bertz CT molecular complexity index is 401. The minimum atomic E-state index is 0. The lowest BCUT2D eigenvalue weighted by Gasteiger charge is -2.04. The molecule has 1 saturated heterocycles. The lowest BCUT2D eigenvalue weighted by molar-refractivity contribution is 0.387. The van der Waals surface area contributed by atoms with E-state index >= 15 is 0 Å². The molecular formula is C35H74ClNO. The van der Waals surface area contributed by atoms with E-state index in [0.29, 0.717) is 6.10 Å². The molecule has 1 atom stereocenters. The summed E-state index contributed by atoms with van der Waals surface area (Å²) in [6.07, 6.45) is 47.7. The topological polar surface area (TPSA) is 47.5 Å². The van der Waals surface area contributed by atoms with Crippen LogP contribution >= 0.6 is 12.4 Å². The van der Waals surface area contributed by atoms with E-state index in [2.05, 4.69) is 6.92 Å². The average molecular weight is 560 g/mol. The number of rotatable bonds is 32. The number of hydrogen-bond acceptors (Lipinski definition) is 2. The van der Waals surface area contributed by atoms with Gasteiger partial charge in [-0.2, -0.15) is 0 Å². The van der Waals surface area contributed by atoms with Crippen LogP contribution in [0.15, 0.2) is 0 Å². The van der Waals surface area contributed by atoms with Gasteiger partial charge in [-0.1, -0.05) is 206 Å². The highest BCUT2D eigenvalue weighted by Gasteiger charge is 2.20. The van der Waals surface area contributed by atoms with Gasteiger partial charge in [0.1, 0.15) is 0 Å². The smallest absolute Gasteiger partial charge is 0.0810 e. The third kappa shape index (κ3) is 34.2.